The minimum atomic E-state index is -0.720. The molecular weight excluding hydrogens is 378 g/mol. The van der Waals surface area contributed by atoms with Crippen molar-refractivity contribution in [1.82, 2.24) is 4.98 Å². The van der Waals surface area contributed by atoms with E-state index >= 15 is 0 Å². The van der Waals surface area contributed by atoms with E-state index in [-0.39, 0.29) is 5.91 Å². The van der Waals surface area contributed by atoms with E-state index in [1.165, 1.54) is 0 Å². The first-order chi connectivity index (χ1) is 14.5. The lowest BCUT2D eigenvalue weighted by Crippen LogP contribution is -2.26. The van der Waals surface area contributed by atoms with Crippen molar-refractivity contribution in [2.24, 2.45) is 5.16 Å². The summed E-state index contributed by atoms with van der Waals surface area (Å²) in [6.07, 6.45) is 2.79. The quantitative estimate of drug-likeness (QED) is 0.436. The fraction of sp³-hybridized carbons (Fsp3) is 0.208. The summed E-state index contributed by atoms with van der Waals surface area (Å²) in [5.41, 5.74) is 4.37. The standard InChI is InChI=1S/C24H25N3O3/c1-17-6-4-8-22(14-17)26-24(28)19(3)30-27-18(2)21-9-11-23(12-10-21)29-16-20-7-5-13-25-15-20/h4-15,19H,16H2,1-3H3,(H,26,28)/t19-/m1/s1. The van der Waals surface area contributed by atoms with E-state index < -0.39 is 6.10 Å². The lowest BCUT2D eigenvalue weighted by Gasteiger charge is -2.12. The molecule has 0 unspecified atom stereocenters. The molecule has 1 heterocycles. The predicted molar refractivity (Wildman–Crippen MR) is 118 cm³/mol. The third kappa shape index (κ3) is 6.17. The van der Waals surface area contributed by atoms with Crippen molar-refractivity contribution in [3.63, 3.8) is 0 Å². The third-order valence-electron chi connectivity index (χ3n) is 4.40. The average Bonchev–Trinajstić information content (AvgIpc) is 2.77. The number of anilines is 1. The number of aryl methyl sites for hydroxylation is 1. The Labute approximate surface area is 176 Å². The van der Waals surface area contributed by atoms with Crippen LogP contribution in [0.1, 0.15) is 30.5 Å². The van der Waals surface area contributed by atoms with Crippen molar-refractivity contribution in [2.45, 2.75) is 33.5 Å². The number of rotatable bonds is 8. The first-order valence-corrected chi connectivity index (χ1v) is 9.71. The second kappa shape index (κ2) is 10.2. The molecule has 2 aromatic carbocycles. The second-order valence-electron chi connectivity index (χ2n) is 6.96. The summed E-state index contributed by atoms with van der Waals surface area (Å²) in [5.74, 6) is 0.499. The molecule has 0 fully saturated rings. The number of carbonyl (C=O) groups is 1. The van der Waals surface area contributed by atoms with Gasteiger partial charge in [-0.05, 0) is 74.4 Å². The van der Waals surface area contributed by atoms with Gasteiger partial charge in [-0.2, -0.15) is 0 Å². The van der Waals surface area contributed by atoms with Crippen molar-refractivity contribution >= 4 is 17.3 Å². The summed E-state index contributed by atoms with van der Waals surface area (Å²) >= 11 is 0. The van der Waals surface area contributed by atoms with Crippen LogP contribution in [0.4, 0.5) is 5.69 Å². The molecule has 1 amide bonds. The number of benzene rings is 2. The van der Waals surface area contributed by atoms with Crippen molar-refractivity contribution in [2.75, 3.05) is 5.32 Å². The third-order valence-corrected chi connectivity index (χ3v) is 4.40. The molecule has 0 aliphatic rings. The number of hydrogen-bond donors (Lipinski definition) is 1. The minimum Gasteiger partial charge on any atom is -0.489 e. The van der Waals surface area contributed by atoms with Gasteiger partial charge in [-0.3, -0.25) is 9.78 Å². The molecule has 0 aliphatic heterocycles. The highest BCUT2D eigenvalue weighted by Gasteiger charge is 2.14. The van der Waals surface area contributed by atoms with Crippen LogP contribution >= 0.6 is 0 Å². The van der Waals surface area contributed by atoms with Crippen molar-refractivity contribution in [1.29, 1.82) is 0 Å². The molecule has 0 saturated heterocycles. The zero-order valence-corrected chi connectivity index (χ0v) is 17.3. The minimum absolute atomic E-state index is 0.253. The Morgan fingerprint density at radius 3 is 2.63 bits per heavy atom. The summed E-state index contributed by atoms with van der Waals surface area (Å²) in [7, 11) is 0. The van der Waals surface area contributed by atoms with Crippen LogP contribution in [-0.4, -0.2) is 22.7 Å². The SMILES string of the molecule is CC(=NO[C@H](C)C(=O)Nc1cccc(C)c1)c1ccc(OCc2cccnc2)cc1. The van der Waals surface area contributed by atoms with Crippen LogP contribution in [0.15, 0.2) is 78.2 Å². The number of oxime groups is 1. The second-order valence-corrected chi connectivity index (χ2v) is 6.96. The molecule has 154 valence electrons. The Bertz CT molecular complexity index is 1000. The fourth-order valence-corrected chi connectivity index (χ4v) is 2.67. The summed E-state index contributed by atoms with van der Waals surface area (Å²) in [5, 5.41) is 6.93. The topological polar surface area (TPSA) is 72.8 Å². The molecule has 0 radical (unpaired) electrons. The lowest BCUT2D eigenvalue weighted by atomic mass is 10.1. The van der Waals surface area contributed by atoms with E-state index in [0.29, 0.717) is 12.3 Å². The zero-order chi connectivity index (χ0) is 21.3. The van der Waals surface area contributed by atoms with Gasteiger partial charge in [-0.15, -0.1) is 0 Å². The van der Waals surface area contributed by atoms with Gasteiger partial charge in [-0.25, -0.2) is 0 Å². The molecule has 1 atom stereocenters. The highest BCUT2D eigenvalue weighted by Crippen LogP contribution is 2.15. The van der Waals surface area contributed by atoms with Crippen LogP contribution < -0.4 is 10.1 Å². The van der Waals surface area contributed by atoms with Gasteiger partial charge in [0.2, 0.25) is 6.10 Å². The highest BCUT2D eigenvalue weighted by atomic mass is 16.6. The van der Waals surface area contributed by atoms with Crippen molar-refractivity contribution < 1.29 is 14.4 Å². The molecule has 0 aliphatic carbocycles. The summed E-state index contributed by atoms with van der Waals surface area (Å²) in [6.45, 7) is 5.92. The van der Waals surface area contributed by atoms with Gasteiger partial charge >= 0.3 is 0 Å². The average molecular weight is 403 g/mol. The van der Waals surface area contributed by atoms with Crippen LogP contribution in [-0.2, 0) is 16.2 Å². The van der Waals surface area contributed by atoms with E-state index in [0.717, 1.165) is 28.1 Å². The predicted octanol–water partition coefficient (Wildman–Crippen LogP) is 4.74. The van der Waals surface area contributed by atoms with Gasteiger partial charge in [-0.1, -0.05) is 23.4 Å². The molecule has 1 aromatic heterocycles. The van der Waals surface area contributed by atoms with Gasteiger partial charge in [0.05, 0.1) is 5.71 Å². The van der Waals surface area contributed by atoms with Gasteiger partial charge in [0, 0.05) is 23.6 Å². The Morgan fingerprint density at radius 2 is 1.93 bits per heavy atom. The number of amides is 1. The maximum absolute atomic E-state index is 12.3. The fourth-order valence-electron chi connectivity index (χ4n) is 2.67. The van der Waals surface area contributed by atoms with E-state index in [4.69, 9.17) is 9.57 Å². The Hall–Kier alpha value is -3.67. The number of ether oxygens (including phenoxy) is 1. The van der Waals surface area contributed by atoms with Gasteiger partial charge in [0.1, 0.15) is 12.4 Å². The smallest absolute Gasteiger partial charge is 0.267 e. The molecule has 0 spiro atoms. The van der Waals surface area contributed by atoms with Crippen molar-refractivity contribution in [3.8, 4) is 5.75 Å². The summed E-state index contributed by atoms with van der Waals surface area (Å²) in [4.78, 5) is 21.7. The molecule has 3 aromatic rings. The monoisotopic (exact) mass is 403 g/mol. The highest BCUT2D eigenvalue weighted by molar-refractivity contribution is 5.98. The summed E-state index contributed by atoms with van der Waals surface area (Å²) in [6, 6.07) is 19.0. The number of nitrogens with one attached hydrogen (secondary N) is 1. The normalized spacial score (nSPS) is 12.2. The lowest BCUT2D eigenvalue weighted by molar-refractivity contribution is -0.126. The first kappa shape index (κ1) is 21.0. The molecule has 0 saturated carbocycles. The Kier molecular flexibility index (Phi) is 7.16. The molecule has 30 heavy (non-hydrogen) atoms. The number of pyridine rings is 1. The van der Waals surface area contributed by atoms with Crippen LogP contribution in [0, 0.1) is 6.92 Å². The first-order valence-electron chi connectivity index (χ1n) is 9.71. The molecule has 0 bridgehead atoms. The number of aromatic nitrogens is 1. The maximum atomic E-state index is 12.3. The Morgan fingerprint density at radius 1 is 1.13 bits per heavy atom. The van der Waals surface area contributed by atoms with E-state index in [1.54, 1.807) is 19.3 Å². The van der Waals surface area contributed by atoms with Crippen LogP contribution in [0.5, 0.6) is 5.75 Å². The van der Waals surface area contributed by atoms with Crippen LogP contribution in [0.3, 0.4) is 0 Å². The molecule has 6 heteroatoms. The number of nitrogens with zero attached hydrogens (tertiary/aromatic N) is 2. The van der Waals surface area contributed by atoms with Gasteiger partial charge in [0.15, 0.2) is 0 Å². The molecule has 6 nitrogen and oxygen atoms in total. The van der Waals surface area contributed by atoms with Crippen LogP contribution in [0.2, 0.25) is 0 Å². The molecular formula is C24H25N3O3. The van der Waals surface area contributed by atoms with E-state index in [9.17, 15) is 4.79 Å². The van der Waals surface area contributed by atoms with Crippen molar-refractivity contribution in [3.05, 3.63) is 89.7 Å². The van der Waals surface area contributed by atoms with Gasteiger partial charge < -0.3 is 14.9 Å². The zero-order valence-electron chi connectivity index (χ0n) is 17.3. The largest absolute Gasteiger partial charge is 0.489 e. The number of carbonyl (C=O) groups excluding carboxylic acids is 1. The summed E-state index contributed by atoms with van der Waals surface area (Å²) < 4.78 is 5.76. The van der Waals surface area contributed by atoms with E-state index in [2.05, 4.69) is 15.5 Å². The van der Waals surface area contributed by atoms with Gasteiger partial charge in [0.25, 0.3) is 5.91 Å². The number of hydrogen-bond acceptors (Lipinski definition) is 5. The molecule has 1 N–H and O–H groups in total. The van der Waals surface area contributed by atoms with Crippen LogP contribution in [0.25, 0.3) is 0 Å². The Balaban J connectivity index is 1.52. The molecule has 3 rings (SSSR count). The maximum Gasteiger partial charge on any atom is 0.267 e. The van der Waals surface area contributed by atoms with E-state index in [1.807, 2.05) is 74.5 Å².